The normalized spacial score (nSPS) is 16.9. The molecule has 0 heterocycles. The van der Waals surface area contributed by atoms with E-state index in [0.29, 0.717) is 6.42 Å². The molecular formula is C15H23ClN2OS. The van der Waals surface area contributed by atoms with Gasteiger partial charge in [0.2, 0.25) is 5.91 Å². The summed E-state index contributed by atoms with van der Waals surface area (Å²) < 4.78 is 0. The maximum Gasteiger partial charge on any atom is 0.220 e. The number of aryl methyl sites for hydroxylation is 1. The predicted octanol–water partition coefficient (Wildman–Crippen LogP) is 3.33. The minimum atomic E-state index is 0. The lowest BCUT2D eigenvalue weighted by atomic mass is 9.87. The number of nitrogen functional groups attached to an aromatic ring is 1. The fourth-order valence-corrected chi connectivity index (χ4v) is 3.06. The Bertz CT molecular complexity index is 453. The van der Waals surface area contributed by atoms with Crippen LogP contribution in [-0.2, 0) is 11.2 Å². The van der Waals surface area contributed by atoms with Gasteiger partial charge in [0.05, 0.1) is 6.04 Å². The molecule has 1 unspecified atom stereocenters. The highest BCUT2D eigenvalue weighted by Crippen LogP contribution is 2.31. The Morgan fingerprint density at radius 1 is 1.50 bits per heavy atom. The van der Waals surface area contributed by atoms with E-state index in [9.17, 15) is 4.79 Å². The molecule has 5 heteroatoms. The number of thioether (sulfide) groups is 1. The van der Waals surface area contributed by atoms with Crippen LogP contribution in [0.4, 0.5) is 5.69 Å². The van der Waals surface area contributed by atoms with Crippen LogP contribution in [0.2, 0.25) is 0 Å². The summed E-state index contributed by atoms with van der Waals surface area (Å²) in [6.45, 7) is 0. The number of nitrogens with two attached hydrogens (primary N) is 1. The summed E-state index contributed by atoms with van der Waals surface area (Å²) in [6, 6.07) is 6.21. The van der Waals surface area contributed by atoms with E-state index >= 15 is 0 Å². The molecule has 0 spiro atoms. The van der Waals surface area contributed by atoms with Crippen LogP contribution in [-0.4, -0.2) is 17.9 Å². The molecular weight excluding hydrogens is 292 g/mol. The average molecular weight is 315 g/mol. The number of hydrogen-bond acceptors (Lipinski definition) is 3. The Morgan fingerprint density at radius 3 is 3.05 bits per heavy atom. The van der Waals surface area contributed by atoms with Crippen LogP contribution in [0.5, 0.6) is 0 Å². The molecule has 1 atom stereocenters. The molecule has 1 aromatic rings. The molecule has 20 heavy (non-hydrogen) atoms. The van der Waals surface area contributed by atoms with Crippen molar-refractivity contribution in [3.8, 4) is 0 Å². The van der Waals surface area contributed by atoms with E-state index in [1.54, 1.807) is 11.8 Å². The van der Waals surface area contributed by atoms with Crippen molar-refractivity contribution in [2.45, 2.75) is 38.1 Å². The van der Waals surface area contributed by atoms with E-state index in [2.05, 4.69) is 17.6 Å². The van der Waals surface area contributed by atoms with Crippen LogP contribution < -0.4 is 11.1 Å². The van der Waals surface area contributed by atoms with E-state index in [-0.39, 0.29) is 24.4 Å². The first-order chi connectivity index (χ1) is 9.20. The van der Waals surface area contributed by atoms with Gasteiger partial charge in [-0.05, 0) is 61.0 Å². The van der Waals surface area contributed by atoms with Crippen LogP contribution in [0.1, 0.15) is 42.9 Å². The summed E-state index contributed by atoms with van der Waals surface area (Å²) in [6.07, 6.45) is 6.87. The molecule has 0 saturated carbocycles. The Kier molecular flexibility index (Phi) is 7.24. The topological polar surface area (TPSA) is 55.1 Å². The molecule has 3 nitrogen and oxygen atoms in total. The third-order valence-corrected chi connectivity index (χ3v) is 4.27. The van der Waals surface area contributed by atoms with Crippen molar-refractivity contribution in [3.63, 3.8) is 0 Å². The molecule has 3 N–H and O–H groups in total. The average Bonchev–Trinajstić information content (AvgIpc) is 2.39. The van der Waals surface area contributed by atoms with Gasteiger partial charge in [-0.3, -0.25) is 4.79 Å². The minimum Gasteiger partial charge on any atom is -0.399 e. The molecule has 0 fully saturated rings. The summed E-state index contributed by atoms with van der Waals surface area (Å²) >= 11 is 1.79. The summed E-state index contributed by atoms with van der Waals surface area (Å²) in [5.74, 6) is 1.22. The van der Waals surface area contributed by atoms with Gasteiger partial charge in [0.25, 0.3) is 0 Å². The molecule has 0 aromatic heterocycles. The number of carbonyl (C=O) groups is 1. The van der Waals surface area contributed by atoms with Crippen molar-refractivity contribution in [2.24, 2.45) is 0 Å². The van der Waals surface area contributed by atoms with Crippen LogP contribution in [0.3, 0.4) is 0 Å². The molecule has 0 bridgehead atoms. The van der Waals surface area contributed by atoms with Gasteiger partial charge in [-0.25, -0.2) is 0 Å². The highest BCUT2D eigenvalue weighted by Gasteiger charge is 2.21. The smallest absolute Gasteiger partial charge is 0.220 e. The second kappa shape index (κ2) is 8.42. The molecule has 0 radical (unpaired) electrons. The van der Waals surface area contributed by atoms with Crippen molar-refractivity contribution in [1.29, 1.82) is 0 Å². The number of fused-ring (bicyclic) bond motifs is 1. The van der Waals surface area contributed by atoms with Crippen molar-refractivity contribution < 1.29 is 4.79 Å². The molecule has 1 aliphatic carbocycles. The Labute approximate surface area is 131 Å². The Morgan fingerprint density at radius 2 is 2.30 bits per heavy atom. The highest BCUT2D eigenvalue weighted by atomic mass is 35.5. The molecule has 1 aliphatic rings. The van der Waals surface area contributed by atoms with Gasteiger partial charge in [-0.15, -0.1) is 12.4 Å². The van der Waals surface area contributed by atoms with Gasteiger partial charge in [0, 0.05) is 12.1 Å². The number of anilines is 1. The van der Waals surface area contributed by atoms with Crippen LogP contribution in [0.25, 0.3) is 0 Å². The first-order valence-electron chi connectivity index (χ1n) is 6.87. The lowest BCUT2D eigenvalue weighted by molar-refractivity contribution is -0.121. The van der Waals surface area contributed by atoms with Gasteiger partial charge in [-0.2, -0.15) is 11.8 Å². The van der Waals surface area contributed by atoms with Crippen molar-refractivity contribution in [2.75, 3.05) is 17.7 Å². The lowest BCUT2D eigenvalue weighted by Gasteiger charge is -2.26. The van der Waals surface area contributed by atoms with E-state index in [4.69, 9.17) is 5.73 Å². The summed E-state index contributed by atoms with van der Waals surface area (Å²) in [5, 5.41) is 3.16. The van der Waals surface area contributed by atoms with Crippen LogP contribution in [0.15, 0.2) is 18.2 Å². The number of nitrogens with one attached hydrogen (secondary N) is 1. The first kappa shape index (κ1) is 17.2. The summed E-state index contributed by atoms with van der Waals surface area (Å²) in [7, 11) is 0. The quantitative estimate of drug-likeness (QED) is 0.647. The third kappa shape index (κ3) is 4.60. The van der Waals surface area contributed by atoms with E-state index in [1.165, 1.54) is 11.1 Å². The number of hydrogen-bond donors (Lipinski definition) is 2. The fourth-order valence-electron chi connectivity index (χ4n) is 2.63. The number of carbonyl (C=O) groups excluding carboxylic acids is 1. The van der Waals surface area contributed by atoms with Crippen molar-refractivity contribution in [3.05, 3.63) is 29.3 Å². The standard InChI is InChI=1S/C15H22N2OS.ClH/c1-19-9-3-6-15(18)17-14-5-2-4-11-10-12(16)7-8-13(11)14;/h7-8,10,14H,2-6,9,16H2,1H3,(H,17,18);1H. The van der Waals surface area contributed by atoms with Crippen molar-refractivity contribution in [1.82, 2.24) is 5.32 Å². The fraction of sp³-hybridized carbons (Fsp3) is 0.533. The summed E-state index contributed by atoms with van der Waals surface area (Å²) in [4.78, 5) is 11.9. The molecule has 1 aromatic carbocycles. The molecule has 0 aliphatic heterocycles. The SMILES string of the molecule is CSCCCC(=O)NC1CCCc2cc(N)ccc21.Cl. The zero-order chi connectivity index (χ0) is 13.7. The molecule has 2 rings (SSSR count). The maximum absolute atomic E-state index is 11.9. The highest BCUT2D eigenvalue weighted by molar-refractivity contribution is 7.98. The molecule has 1 amide bonds. The first-order valence-corrected chi connectivity index (χ1v) is 8.26. The van der Waals surface area contributed by atoms with Crippen LogP contribution >= 0.6 is 24.2 Å². The predicted molar refractivity (Wildman–Crippen MR) is 89.5 cm³/mol. The van der Waals surface area contributed by atoms with E-state index in [0.717, 1.165) is 37.1 Å². The van der Waals surface area contributed by atoms with E-state index in [1.807, 2.05) is 12.1 Å². The Balaban J connectivity index is 0.00000200. The van der Waals surface area contributed by atoms with E-state index < -0.39 is 0 Å². The molecule has 0 saturated heterocycles. The second-order valence-electron chi connectivity index (χ2n) is 5.07. The zero-order valence-corrected chi connectivity index (χ0v) is 13.5. The number of amides is 1. The largest absolute Gasteiger partial charge is 0.399 e. The van der Waals surface area contributed by atoms with Gasteiger partial charge < -0.3 is 11.1 Å². The summed E-state index contributed by atoms with van der Waals surface area (Å²) in [5.41, 5.74) is 9.17. The third-order valence-electron chi connectivity index (χ3n) is 3.57. The lowest BCUT2D eigenvalue weighted by Crippen LogP contribution is -2.30. The maximum atomic E-state index is 11.9. The van der Waals surface area contributed by atoms with Gasteiger partial charge in [0.1, 0.15) is 0 Å². The van der Waals surface area contributed by atoms with Gasteiger partial charge >= 0.3 is 0 Å². The van der Waals surface area contributed by atoms with Crippen molar-refractivity contribution >= 4 is 35.8 Å². The van der Waals surface area contributed by atoms with Gasteiger partial charge in [-0.1, -0.05) is 6.07 Å². The number of benzene rings is 1. The van der Waals surface area contributed by atoms with Crippen LogP contribution in [0, 0.1) is 0 Å². The van der Waals surface area contributed by atoms with Gasteiger partial charge in [0.15, 0.2) is 0 Å². The number of rotatable bonds is 5. The zero-order valence-electron chi connectivity index (χ0n) is 11.9. The second-order valence-corrected chi connectivity index (χ2v) is 6.05. The number of halogens is 1. The minimum absolute atomic E-state index is 0. The monoisotopic (exact) mass is 314 g/mol. The molecule has 112 valence electrons. The Hall–Kier alpha value is -0.870.